The van der Waals surface area contributed by atoms with Crippen molar-refractivity contribution in [1.82, 2.24) is 24.1 Å². The molecule has 0 aliphatic rings. The van der Waals surface area contributed by atoms with Crippen LogP contribution in [0.1, 0.15) is 11.3 Å². The molecule has 0 atom stereocenters. The molecule has 1 aromatic carbocycles. The summed E-state index contributed by atoms with van der Waals surface area (Å²) in [5.41, 5.74) is 2.96. The van der Waals surface area contributed by atoms with Crippen LogP contribution in [0.3, 0.4) is 0 Å². The molecule has 0 amide bonds. The number of nitrogens with zero attached hydrogens (tertiary/aromatic N) is 5. The molecule has 1 N–H and O–H groups in total. The Morgan fingerprint density at radius 2 is 2.00 bits per heavy atom. The molecule has 0 fully saturated rings. The molecule has 3 heterocycles. The van der Waals surface area contributed by atoms with Crippen molar-refractivity contribution in [2.24, 2.45) is 14.1 Å². The van der Waals surface area contributed by atoms with Gasteiger partial charge in [-0.2, -0.15) is 10.2 Å². The normalized spacial score (nSPS) is 11.6. The van der Waals surface area contributed by atoms with Crippen LogP contribution in [0.4, 0.5) is 0 Å². The molecule has 0 saturated carbocycles. The van der Waals surface area contributed by atoms with Gasteiger partial charge < -0.3 is 9.67 Å². The first kappa shape index (κ1) is 14.6. The molecule has 0 saturated heterocycles. The Kier molecular flexibility index (Phi) is 3.24. The van der Waals surface area contributed by atoms with E-state index in [0.29, 0.717) is 12.1 Å². The third-order valence-electron chi connectivity index (χ3n) is 4.33. The first-order valence-electron chi connectivity index (χ1n) is 7.65. The highest BCUT2D eigenvalue weighted by Crippen LogP contribution is 2.26. The summed E-state index contributed by atoms with van der Waals surface area (Å²) in [5, 5.41) is 19.7. The molecule has 122 valence electrons. The minimum Gasteiger partial charge on any atom is -0.392 e. The highest BCUT2D eigenvalue weighted by atomic mass is 16.3. The minimum absolute atomic E-state index is 0.0282. The molecule has 4 rings (SSSR count). The lowest BCUT2D eigenvalue weighted by Crippen LogP contribution is -2.24. The van der Waals surface area contributed by atoms with Crippen molar-refractivity contribution in [2.45, 2.75) is 13.2 Å². The van der Waals surface area contributed by atoms with Gasteiger partial charge in [-0.3, -0.25) is 9.48 Å². The topological polar surface area (TPSA) is 77.9 Å². The Morgan fingerprint density at radius 3 is 2.71 bits per heavy atom. The van der Waals surface area contributed by atoms with Gasteiger partial charge in [0.25, 0.3) is 5.56 Å². The minimum atomic E-state index is -0.151. The molecule has 24 heavy (non-hydrogen) atoms. The largest absolute Gasteiger partial charge is 0.392 e. The number of hydrogen-bond donors (Lipinski definition) is 1. The van der Waals surface area contributed by atoms with Gasteiger partial charge >= 0.3 is 0 Å². The second-order valence-corrected chi connectivity index (χ2v) is 5.92. The van der Waals surface area contributed by atoms with E-state index in [1.54, 1.807) is 10.9 Å². The van der Waals surface area contributed by atoms with E-state index in [1.165, 1.54) is 4.68 Å². The highest BCUT2D eigenvalue weighted by Gasteiger charge is 2.14. The number of aliphatic hydroxyl groups is 1. The van der Waals surface area contributed by atoms with Gasteiger partial charge in [0, 0.05) is 36.6 Å². The number of rotatable bonds is 3. The molecule has 7 nitrogen and oxygen atoms in total. The monoisotopic (exact) mass is 323 g/mol. The molecule has 0 spiro atoms. The molecular formula is C17H17N5O2. The predicted octanol–water partition coefficient (Wildman–Crippen LogP) is 1.16. The summed E-state index contributed by atoms with van der Waals surface area (Å²) in [6, 6.07) is 7.56. The molecule has 3 aromatic heterocycles. The van der Waals surface area contributed by atoms with Gasteiger partial charge in [-0.1, -0.05) is 12.1 Å². The summed E-state index contributed by atoms with van der Waals surface area (Å²) in [5.74, 6) is 0. The summed E-state index contributed by atoms with van der Waals surface area (Å²) >= 11 is 0. The third-order valence-corrected chi connectivity index (χ3v) is 4.33. The molecule has 4 aromatic rings. The van der Waals surface area contributed by atoms with E-state index in [0.717, 1.165) is 27.5 Å². The van der Waals surface area contributed by atoms with Crippen LogP contribution < -0.4 is 5.56 Å². The van der Waals surface area contributed by atoms with E-state index in [1.807, 2.05) is 49.1 Å². The zero-order chi connectivity index (χ0) is 16.8. The van der Waals surface area contributed by atoms with E-state index in [-0.39, 0.29) is 12.2 Å². The zero-order valence-corrected chi connectivity index (χ0v) is 13.5. The molecule has 0 aliphatic heterocycles. The summed E-state index contributed by atoms with van der Waals surface area (Å²) in [4.78, 5) is 12.9. The van der Waals surface area contributed by atoms with E-state index in [9.17, 15) is 9.90 Å². The van der Waals surface area contributed by atoms with Gasteiger partial charge in [0.1, 0.15) is 5.52 Å². The molecule has 0 radical (unpaired) electrons. The van der Waals surface area contributed by atoms with Crippen molar-refractivity contribution in [1.29, 1.82) is 0 Å². The maximum Gasteiger partial charge on any atom is 0.291 e. The summed E-state index contributed by atoms with van der Waals surface area (Å²) in [7, 11) is 3.70. The van der Waals surface area contributed by atoms with Crippen molar-refractivity contribution in [2.75, 3.05) is 0 Å². The first-order valence-corrected chi connectivity index (χ1v) is 7.65. The molecule has 7 heteroatoms. The number of benzene rings is 1. The van der Waals surface area contributed by atoms with Crippen molar-refractivity contribution in [3.05, 3.63) is 58.3 Å². The molecular weight excluding hydrogens is 306 g/mol. The third kappa shape index (κ3) is 2.13. The predicted molar refractivity (Wildman–Crippen MR) is 90.7 cm³/mol. The fourth-order valence-corrected chi connectivity index (χ4v) is 3.11. The Balaban J connectivity index is 1.93. The smallest absolute Gasteiger partial charge is 0.291 e. The number of fused-ring (bicyclic) bond motifs is 3. The fraction of sp³-hybridized carbons (Fsp3) is 0.235. The first-order chi connectivity index (χ1) is 11.6. The van der Waals surface area contributed by atoms with Gasteiger partial charge in [-0.05, 0) is 17.7 Å². The van der Waals surface area contributed by atoms with Crippen LogP contribution in [0.5, 0.6) is 0 Å². The van der Waals surface area contributed by atoms with Crippen LogP contribution in [0, 0.1) is 0 Å². The average molecular weight is 323 g/mol. The molecule has 0 aliphatic carbocycles. The van der Waals surface area contributed by atoms with E-state index >= 15 is 0 Å². The van der Waals surface area contributed by atoms with Gasteiger partial charge in [-0.25, -0.2) is 4.68 Å². The molecule has 0 unspecified atom stereocenters. The van der Waals surface area contributed by atoms with E-state index in [2.05, 4.69) is 10.2 Å². The number of aromatic nitrogens is 5. The van der Waals surface area contributed by atoms with Crippen molar-refractivity contribution >= 4 is 21.8 Å². The highest BCUT2D eigenvalue weighted by molar-refractivity contribution is 6.07. The SMILES string of the molecule is Cn1ccc(Cn2ncc3c4ccc(CO)cc4n(C)c3c2=O)n1. The zero-order valence-electron chi connectivity index (χ0n) is 13.5. The Hall–Kier alpha value is -2.93. The van der Waals surface area contributed by atoms with Gasteiger partial charge in [0.15, 0.2) is 0 Å². The van der Waals surface area contributed by atoms with Gasteiger partial charge in [0.05, 0.1) is 25.0 Å². The second-order valence-electron chi connectivity index (χ2n) is 5.92. The number of aryl methyl sites for hydroxylation is 2. The van der Waals surface area contributed by atoms with Gasteiger partial charge in [-0.15, -0.1) is 0 Å². The summed E-state index contributed by atoms with van der Waals surface area (Å²) < 4.78 is 4.99. The van der Waals surface area contributed by atoms with E-state index in [4.69, 9.17) is 0 Å². The maximum absolute atomic E-state index is 12.9. The molecule has 0 bridgehead atoms. The maximum atomic E-state index is 12.9. The van der Waals surface area contributed by atoms with Crippen LogP contribution in [-0.2, 0) is 27.2 Å². The van der Waals surface area contributed by atoms with Crippen LogP contribution in [-0.4, -0.2) is 29.2 Å². The van der Waals surface area contributed by atoms with Crippen LogP contribution in [0.2, 0.25) is 0 Å². The lowest BCUT2D eigenvalue weighted by molar-refractivity contribution is 0.282. The quantitative estimate of drug-likeness (QED) is 0.614. The Bertz CT molecular complexity index is 1120. The Morgan fingerprint density at radius 1 is 1.17 bits per heavy atom. The number of hydrogen-bond acceptors (Lipinski definition) is 4. The van der Waals surface area contributed by atoms with Crippen molar-refractivity contribution in [3.63, 3.8) is 0 Å². The lowest BCUT2D eigenvalue weighted by Gasteiger charge is -2.03. The second kappa shape index (κ2) is 5.31. The average Bonchev–Trinajstić information content (AvgIpc) is 3.12. The van der Waals surface area contributed by atoms with Crippen LogP contribution in [0.25, 0.3) is 21.8 Å². The lowest BCUT2D eigenvalue weighted by atomic mass is 10.1. The fourth-order valence-electron chi connectivity index (χ4n) is 3.11. The van der Waals surface area contributed by atoms with Crippen molar-refractivity contribution < 1.29 is 5.11 Å². The van der Waals surface area contributed by atoms with E-state index < -0.39 is 0 Å². The van der Waals surface area contributed by atoms with Gasteiger partial charge in [0.2, 0.25) is 0 Å². The standard InChI is InChI=1S/C17H17N5O2/c1-20-6-5-12(19-20)9-22-17(24)16-14(8-18-22)13-4-3-11(10-23)7-15(13)21(16)2/h3-8,23H,9-10H2,1-2H3. The summed E-state index contributed by atoms with van der Waals surface area (Å²) in [6.07, 6.45) is 3.56. The summed E-state index contributed by atoms with van der Waals surface area (Å²) in [6.45, 7) is 0.304. The Labute approximate surface area is 137 Å². The van der Waals surface area contributed by atoms with Crippen molar-refractivity contribution in [3.8, 4) is 0 Å². The number of aliphatic hydroxyl groups excluding tert-OH is 1. The van der Waals surface area contributed by atoms with Crippen LogP contribution in [0.15, 0.2) is 41.5 Å². The van der Waals surface area contributed by atoms with Crippen LogP contribution >= 0.6 is 0 Å².